The fraction of sp³-hybridized carbons (Fsp3) is 0.605. The molecular formula is C43H65O5PSiY3. The molecule has 0 unspecified atom stereocenters. The Morgan fingerprint density at radius 2 is 1.47 bits per heavy atom. The number of aliphatic hydroxyl groups is 2. The second-order valence-electron chi connectivity index (χ2n) is 17.1. The molecule has 285 valence electrons. The molecule has 3 aliphatic carbocycles. The minimum absolute atomic E-state index is 0. The van der Waals surface area contributed by atoms with Gasteiger partial charge in [-0.15, -0.1) is 0 Å². The summed E-state index contributed by atoms with van der Waals surface area (Å²) in [6.45, 7) is 21.1. The van der Waals surface area contributed by atoms with E-state index in [-0.39, 0.29) is 98.1 Å². The molecule has 5 nitrogen and oxygen atoms in total. The monoisotopic (exact) mass is 987 g/mol. The number of unbranched alkanes of at least 4 members (excludes halogenated alkanes) is 1. The molecule has 3 aliphatic rings. The molecule has 0 spiro atoms. The van der Waals surface area contributed by atoms with Crippen LogP contribution < -0.4 is 10.6 Å². The first-order valence-corrected chi connectivity index (χ1v) is 23.9. The number of benzene rings is 2. The molecule has 0 bridgehead atoms. The number of carbonyl (C=O) groups is 1. The zero-order valence-electron chi connectivity index (χ0n) is 33.7. The number of ketones is 1. The Bertz CT molecular complexity index is 1450. The van der Waals surface area contributed by atoms with E-state index in [4.69, 9.17) is 4.43 Å². The SMILES string of the molecule is C=C1[C@H](O)CC(=CCP(=O)(c2ccccc2)c2ccccc2)C[C@H]1O.C[C@@H](CCCCO[Si](C)(C)C(C)(C)C)[C@H]1CC[C@H]2C(=O)CCC[C@]12C.[Y].[Y].[Y]. The van der Waals surface area contributed by atoms with Crippen molar-refractivity contribution in [2.75, 3.05) is 12.8 Å². The minimum Gasteiger partial charge on any atom is -0.417 e. The van der Waals surface area contributed by atoms with Crippen LogP contribution in [-0.2, 0) is 112 Å². The molecule has 2 aromatic carbocycles. The van der Waals surface area contributed by atoms with Crippen molar-refractivity contribution in [2.45, 2.75) is 129 Å². The maximum Gasteiger partial charge on any atom is 0.191 e. The second kappa shape index (κ2) is 23.1. The summed E-state index contributed by atoms with van der Waals surface area (Å²) in [6, 6.07) is 19.0. The minimum atomic E-state index is -2.81. The number of fused-ring (bicyclic) bond motifs is 1. The van der Waals surface area contributed by atoms with Gasteiger partial charge in [-0.3, -0.25) is 4.79 Å². The molecule has 53 heavy (non-hydrogen) atoms. The smallest absolute Gasteiger partial charge is 0.191 e. The van der Waals surface area contributed by atoms with Gasteiger partial charge in [0.2, 0.25) is 0 Å². The molecule has 0 heterocycles. The Morgan fingerprint density at radius 3 is 1.98 bits per heavy atom. The zero-order chi connectivity index (χ0) is 36.7. The second-order valence-corrected chi connectivity index (χ2v) is 24.8. The molecule has 5 rings (SSSR count). The largest absolute Gasteiger partial charge is 0.417 e. The average Bonchev–Trinajstić information content (AvgIpc) is 3.44. The van der Waals surface area contributed by atoms with E-state index in [1.54, 1.807) is 0 Å². The van der Waals surface area contributed by atoms with Crippen molar-refractivity contribution in [3.8, 4) is 0 Å². The van der Waals surface area contributed by atoms with Gasteiger partial charge in [0.15, 0.2) is 8.32 Å². The van der Waals surface area contributed by atoms with Crippen molar-refractivity contribution < 1.29 is 122 Å². The Morgan fingerprint density at radius 1 is 0.943 bits per heavy atom. The fourth-order valence-corrected chi connectivity index (χ4v) is 12.0. The van der Waals surface area contributed by atoms with Gasteiger partial charge in [0.25, 0.3) is 0 Å². The molecule has 2 N–H and O–H groups in total. The predicted octanol–water partition coefficient (Wildman–Crippen LogP) is 9.59. The van der Waals surface area contributed by atoms with E-state index in [9.17, 15) is 19.6 Å². The van der Waals surface area contributed by atoms with Gasteiger partial charge in [0, 0.05) is 134 Å². The van der Waals surface area contributed by atoms with E-state index in [0.717, 1.165) is 53.9 Å². The number of hydrogen-bond acceptors (Lipinski definition) is 5. The van der Waals surface area contributed by atoms with Crippen molar-refractivity contribution in [3.63, 3.8) is 0 Å². The summed E-state index contributed by atoms with van der Waals surface area (Å²) < 4.78 is 20.2. The van der Waals surface area contributed by atoms with Gasteiger partial charge in [-0.1, -0.05) is 126 Å². The third kappa shape index (κ3) is 13.6. The standard InChI is InChI=1S/C22H42O2Si.C21H23O3P.3Y/c1-17(11-8-9-16-24-25(6,7)21(2,3)4)18-13-14-19-20(23)12-10-15-22(18,19)5;1-16-20(22)14-17(15-21(16)23)12-13-25(24,18-8-4-2-5-9-18)19-10-6-3-7-11-19;;;/h17-19H,8-16H2,1-7H3;2-12,20-23H,1,13-15H2;;;/t17-,18+,19-,22+;20-,21-;;;/m01.../s1. The van der Waals surface area contributed by atoms with Crippen LogP contribution in [0.1, 0.15) is 98.8 Å². The molecule has 3 fully saturated rings. The van der Waals surface area contributed by atoms with Gasteiger partial charge in [-0.2, -0.15) is 0 Å². The third-order valence-electron chi connectivity index (χ3n) is 12.7. The molecule has 3 saturated carbocycles. The van der Waals surface area contributed by atoms with Crippen LogP contribution in [0.2, 0.25) is 18.1 Å². The van der Waals surface area contributed by atoms with E-state index < -0.39 is 27.7 Å². The van der Waals surface area contributed by atoms with Crippen LogP contribution in [0.3, 0.4) is 0 Å². The van der Waals surface area contributed by atoms with Crippen molar-refractivity contribution in [1.82, 2.24) is 0 Å². The number of aliphatic hydroxyl groups excluding tert-OH is 2. The van der Waals surface area contributed by atoms with Gasteiger partial charge < -0.3 is 19.2 Å². The van der Waals surface area contributed by atoms with Crippen molar-refractivity contribution in [3.05, 3.63) is 84.5 Å². The maximum absolute atomic E-state index is 13.9. The summed E-state index contributed by atoms with van der Waals surface area (Å²) >= 11 is 0. The molecule has 0 aliphatic heterocycles. The van der Waals surface area contributed by atoms with E-state index in [1.165, 1.54) is 32.1 Å². The predicted molar refractivity (Wildman–Crippen MR) is 212 cm³/mol. The van der Waals surface area contributed by atoms with Crippen LogP contribution in [-0.4, -0.2) is 49.3 Å². The topological polar surface area (TPSA) is 83.8 Å². The summed E-state index contributed by atoms with van der Waals surface area (Å²) in [5, 5.41) is 22.0. The van der Waals surface area contributed by atoms with E-state index in [2.05, 4.69) is 54.3 Å². The molecule has 0 amide bonds. The van der Waals surface area contributed by atoms with E-state index in [1.807, 2.05) is 66.7 Å². The van der Waals surface area contributed by atoms with E-state index >= 15 is 0 Å². The molecule has 6 atom stereocenters. The molecule has 2 aromatic rings. The van der Waals surface area contributed by atoms with Crippen molar-refractivity contribution in [1.29, 1.82) is 0 Å². The van der Waals surface area contributed by atoms with Crippen LogP contribution >= 0.6 is 7.14 Å². The fourth-order valence-electron chi connectivity index (χ4n) is 8.40. The summed E-state index contributed by atoms with van der Waals surface area (Å²) in [4.78, 5) is 12.3. The van der Waals surface area contributed by atoms with Crippen molar-refractivity contribution in [2.24, 2.45) is 23.2 Å². The van der Waals surface area contributed by atoms with Gasteiger partial charge in [0.1, 0.15) is 12.9 Å². The number of allylic oxidation sites excluding steroid dienone is 1. The van der Waals surface area contributed by atoms with E-state index in [0.29, 0.717) is 46.7 Å². The maximum atomic E-state index is 13.9. The Kier molecular flexibility index (Phi) is 22.8. The number of hydrogen-bond donors (Lipinski definition) is 2. The van der Waals surface area contributed by atoms with Crippen LogP contribution in [0.4, 0.5) is 0 Å². The summed E-state index contributed by atoms with van der Waals surface area (Å²) in [6.07, 6.45) is 11.1. The first-order chi connectivity index (χ1) is 23.5. The normalized spacial score (nSPS) is 25.0. The summed E-state index contributed by atoms with van der Waals surface area (Å²) in [7, 11) is -4.40. The number of carbonyl (C=O) groups excluding carboxylic acids is 1. The summed E-state index contributed by atoms with van der Waals surface area (Å²) in [5.74, 6) is 2.43. The van der Waals surface area contributed by atoms with Gasteiger partial charge in [0.05, 0.1) is 12.2 Å². The van der Waals surface area contributed by atoms with Crippen molar-refractivity contribution >= 4 is 31.9 Å². The molecule has 0 aromatic heterocycles. The van der Waals surface area contributed by atoms with Gasteiger partial charge >= 0.3 is 0 Å². The first-order valence-electron chi connectivity index (χ1n) is 19.1. The molecular weight excluding hydrogens is 922 g/mol. The third-order valence-corrected chi connectivity index (χ3v) is 20.2. The van der Waals surface area contributed by atoms with Crippen LogP contribution in [0, 0.1) is 23.2 Å². The Hall–Kier alpha value is 1.23. The molecule has 0 saturated heterocycles. The first kappa shape index (κ1) is 52.2. The van der Waals surface area contributed by atoms with Gasteiger partial charge in [-0.05, 0) is 85.9 Å². The van der Waals surface area contributed by atoms with Crippen LogP contribution in [0.15, 0.2) is 84.5 Å². The van der Waals surface area contributed by atoms with Gasteiger partial charge in [-0.25, -0.2) is 0 Å². The van der Waals surface area contributed by atoms with Crippen LogP contribution in [0.25, 0.3) is 0 Å². The Labute approximate surface area is 398 Å². The zero-order valence-corrected chi connectivity index (χ0v) is 44.1. The summed E-state index contributed by atoms with van der Waals surface area (Å²) in [5.41, 5.74) is 1.69. The van der Waals surface area contributed by atoms with Crippen LogP contribution in [0.5, 0.6) is 0 Å². The average molecular weight is 988 g/mol. The quantitative estimate of drug-likeness (QED) is 0.102. The molecule has 3 radical (unpaired) electrons. The Balaban J connectivity index is 0.000000502. The molecule has 10 heteroatoms. The number of Topliss-reactive ketones (excluding diaryl/α,β-unsaturated/α-hetero) is 1. The number of rotatable bonds is 11.